The van der Waals surface area contributed by atoms with Crippen molar-refractivity contribution in [2.75, 3.05) is 18.6 Å². The van der Waals surface area contributed by atoms with E-state index >= 15 is 0 Å². The van der Waals surface area contributed by atoms with E-state index in [1.165, 1.54) is 12.1 Å². The van der Waals surface area contributed by atoms with Gasteiger partial charge in [-0.05, 0) is 30.5 Å². The molecule has 0 radical (unpaired) electrons. The molecule has 0 fully saturated rings. The van der Waals surface area contributed by atoms with E-state index in [4.69, 9.17) is 5.73 Å². The van der Waals surface area contributed by atoms with Crippen molar-refractivity contribution in [1.82, 2.24) is 0 Å². The molecule has 90 valence electrons. The molecule has 0 amide bonds. The van der Waals surface area contributed by atoms with Gasteiger partial charge in [0.1, 0.15) is 0 Å². The van der Waals surface area contributed by atoms with E-state index in [9.17, 15) is 13.2 Å². The topological polar surface area (TPSA) is 26.0 Å². The molecule has 0 bridgehead atoms. The van der Waals surface area contributed by atoms with Crippen LogP contribution in [0.15, 0.2) is 24.3 Å². The molecule has 0 spiro atoms. The summed E-state index contributed by atoms with van der Waals surface area (Å²) in [7, 11) is 0. The summed E-state index contributed by atoms with van der Waals surface area (Å²) >= 11 is 1.64. The molecule has 0 aliphatic carbocycles. The quantitative estimate of drug-likeness (QED) is 0.887. The normalized spacial score (nSPS) is 13.8. The Hall–Kier alpha value is -0.680. The zero-order valence-electron chi connectivity index (χ0n) is 8.92. The molecule has 1 aromatic rings. The molecule has 0 heterocycles. The Balaban J connectivity index is 2.85. The molecule has 2 N–H and O–H groups in total. The fraction of sp³-hybridized carbons (Fsp3) is 0.455. The molecule has 16 heavy (non-hydrogen) atoms. The first-order valence-corrected chi connectivity index (χ1v) is 6.24. The van der Waals surface area contributed by atoms with Gasteiger partial charge in [-0.2, -0.15) is 24.9 Å². The number of rotatable bonds is 4. The van der Waals surface area contributed by atoms with Crippen LogP contribution in [-0.2, 0) is 6.18 Å². The third-order valence-electron chi connectivity index (χ3n) is 2.36. The lowest BCUT2D eigenvalue weighted by Crippen LogP contribution is -2.15. The number of alkyl halides is 3. The van der Waals surface area contributed by atoms with Gasteiger partial charge in [0.2, 0.25) is 0 Å². The zero-order chi connectivity index (χ0) is 12.2. The lowest BCUT2D eigenvalue weighted by atomic mass is 10.00. The molecule has 0 saturated carbocycles. The smallest absolute Gasteiger partial charge is 0.330 e. The van der Waals surface area contributed by atoms with Gasteiger partial charge in [0, 0.05) is 11.7 Å². The summed E-state index contributed by atoms with van der Waals surface area (Å²) in [6, 6.07) is 5.24. The molecule has 0 saturated heterocycles. The number of hydrogen-bond donors (Lipinski definition) is 1. The number of halogens is 3. The predicted molar refractivity (Wildman–Crippen MR) is 61.6 cm³/mol. The van der Waals surface area contributed by atoms with Gasteiger partial charge in [-0.25, -0.2) is 0 Å². The van der Waals surface area contributed by atoms with Crippen LogP contribution in [0.5, 0.6) is 0 Å². The number of nitrogens with two attached hydrogens (primary N) is 1. The largest absolute Gasteiger partial charge is 0.416 e. The molecule has 1 rings (SSSR count). The summed E-state index contributed by atoms with van der Waals surface area (Å²) in [5.41, 5.74) is 5.83. The third kappa shape index (κ3) is 3.42. The van der Waals surface area contributed by atoms with Crippen LogP contribution in [-0.4, -0.2) is 18.6 Å². The minimum atomic E-state index is -4.27. The van der Waals surface area contributed by atoms with Gasteiger partial charge in [-0.1, -0.05) is 12.1 Å². The van der Waals surface area contributed by atoms with Gasteiger partial charge < -0.3 is 5.73 Å². The second-order valence-electron chi connectivity index (χ2n) is 3.51. The lowest BCUT2D eigenvalue weighted by molar-refractivity contribution is -0.137. The molecular formula is C11H14F3NS. The first-order chi connectivity index (χ1) is 7.49. The molecule has 0 aliphatic heterocycles. The molecule has 1 aromatic carbocycles. The minimum Gasteiger partial charge on any atom is -0.330 e. The summed E-state index contributed by atoms with van der Waals surface area (Å²) in [5.74, 6) is 0.944. The van der Waals surface area contributed by atoms with Gasteiger partial charge in [0.25, 0.3) is 0 Å². The number of hydrogen-bond acceptors (Lipinski definition) is 2. The molecule has 1 atom stereocenters. The highest BCUT2D eigenvalue weighted by atomic mass is 32.2. The lowest BCUT2D eigenvalue weighted by Gasteiger charge is -2.14. The monoisotopic (exact) mass is 249 g/mol. The second-order valence-corrected chi connectivity index (χ2v) is 4.42. The van der Waals surface area contributed by atoms with E-state index in [2.05, 4.69) is 0 Å². The molecular weight excluding hydrogens is 235 g/mol. The van der Waals surface area contributed by atoms with Crippen molar-refractivity contribution in [3.8, 4) is 0 Å². The van der Waals surface area contributed by atoms with E-state index in [1.807, 2.05) is 6.26 Å². The van der Waals surface area contributed by atoms with Crippen molar-refractivity contribution < 1.29 is 13.2 Å². The summed E-state index contributed by atoms with van der Waals surface area (Å²) < 4.78 is 37.0. The van der Waals surface area contributed by atoms with E-state index < -0.39 is 11.7 Å². The summed E-state index contributed by atoms with van der Waals surface area (Å²) in [5, 5.41) is 0. The highest BCUT2D eigenvalue weighted by Crippen LogP contribution is 2.30. The van der Waals surface area contributed by atoms with Crippen LogP contribution < -0.4 is 5.73 Å². The third-order valence-corrected chi connectivity index (χ3v) is 3.10. The number of benzene rings is 1. The van der Waals surface area contributed by atoms with Crippen LogP contribution in [0.2, 0.25) is 0 Å². The average Bonchev–Trinajstić information content (AvgIpc) is 2.25. The highest BCUT2D eigenvalue weighted by Gasteiger charge is 2.30. The molecule has 1 unspecified atom stereocenters. The maximum atomic E-state index is 12.3. The van der Waals surface area contributed by atoms with Gasteiger partial charge >= 0.3 is 6.18 Å². The fourth-order valence-electron chi connectivity index (χ4n) is 1.45. The Bertz CT molecular complexity index is 321. The van der Waals surface area contributed by atoms with E-state index in [0.717, 1.165) is 23.4 Å². The average molecular weight is 249 g/mol. The summed E-state index contributed by atoms with van der Waals surface area (Å²) in [6.07, 6.45) is -2.32. The van der Waals surface area contributed by atoms with Crippen LogP contribution in [0, 0.1) is 0 Å². The van der Waals surface area contributed by atoms with Gasteiger partial charge in [-0.15, -0.1) is 0 Å². The van der Waals surface area contributed by atoms with Crippen molar-refractivity contribution in [3.05, 3.63) is 35.4 Å². The Labute approximate surface area is 97.2 Å². The van der Waals surface area contributed by atoms with Gasteiger partial charge in [0.05, 0.1) is 5.56 Å². The van der Waals surface area contributed by atoms with E-state index in [1.54, 1.807) is 11.8 Å². The summed E-state index contributed by atoms with van der Waals surface area (Å²) in [4.78, 5) is 0. The second kappa shape index (κ2) is 5.59. The minimum absolute atomic E-state index is 0.122. The van der Waals surface area contributed by atoms with Crippen molar-refractivity contribution in [1.29, 1.82) is 0 Å². The van der Waals surface area contributed by atoms with Crippen molar-refractivity contribution in [2.45, 2.75) is 12.1 Å². The zero-order valence-corrected chi connectivity index (χ0v) is 9.74. The maximum Gasteiger partial charge on any atom is 0.416 e. The maximum absolute atomic E-state index is 12.3. The molecule has 0 aliphatic rings. The van der Waals surface area contributed by atoms with E-state index in [0.29, 0.717) is 6.54 Å². The Kier molecular flexibility index (Phi) is 4.68. The highest BCUT2D eigenvalue weighted by molar-refractivity contribution is 7.98. The first kappa shape index (κ1) is 13.4. The number of thioether (sulfide) groups is 1. The van der Waals surface area contributed by atoms with Gasteiger partial charge in [0.15, 0.2) is 0 Å². The van der Waals surface area contributed by atoms with Crippen LogP contribution in [0.25, 0.3) is 0 Å². The fourth-order valence-corrected chi connectivity index (χ4v) is 2.18. The summed E-state index contributed by atoms with van der Waals surface area (Å²) in [6.45, 7) is 0.451. The van der Waals surface area contributed by atoms with Crippen molar-refractivity contribution in [2.24, 2.45) is 5.73 Å². The van der Waals surface area contributed by atoms with Crippen LogP contribution >= 0.6 is 11.8 Å². The standard InChI is InChI=1S/C11H14F3NS/c1-16-7-9(6-15)8-2-4-10(5-3-8)11(12,13)14/h2-5,9H,6-7,15H2,1H3. The molecule has 1 nitrogen and oxygen atoms in total. The van der Waals surface area contributed by atoms with E-state index in [-0.39, 0.29) is 5.92 Å². The van der Waals surface area contributed by atoms with Crippen LogP contribution in [0.1, 0.15) is 17.0 Å². The SMILES string of the molecule is CSCC(CN)c1ccc(C(F)(F)F)cc1. The van der Waals surface area contributed by atoms with Gasteiger partial charge in [-0.3, -0.25) is 0 Å². The van der Waals surface area contributed by atoms with Crippen LogP contribution in [0.3, 0.4) is 0 Å². The molecule has 0 aromatic heterocycles. The Morgan fingerprint density at radius 2 is 1.81 bits per heavy atom. The first-order valence-electron chi connectivity index (χ1n) is 4.85. The van der Waals surface area contributed by atoms with Crippen molar-refractivity contribution in [3.63, 3.8) is 0 Å². The Morgan fingerprint density at radius 3 is 2.19 bits per heavy atom. The Morgan fingerprint density at radius 1 is 1.25 bits per heavy atom. The van der Waals surface area contributed by atoms with Crippen LogP contribution in [0.4, 0.5) is 13.2 Å². The van der Waals surface area contributed by atoms with Crippen molar-refractivity contribution >= 4 is 11.8 Å². The predicted octanol–water partition coefficient (Wildman–Crippen LogP) is 3.11. The molecule has 5 heteroatoms.